The quantitative estimate of drug-likeness (QED) is 0.647. The minimum atomic E-state index is 0.726. The minimum Gasteiger partial charge on any atom is -0.345 e. The fourth-order valence-electron chi connectivity index (χ4n) is 1.87. The molecule has 0 saturated carbocycles. The Hall–Kier alpha value is -1.62. The third-order valence-electron chi connectivity index (χ3n) is 3.05. The number of thiocarbonyl (C=S) groups is 1. The molecule has 0 unspecified atom stereocenters. The maximum atomic E-state index is 10.6. The molecule has 0 aromatic heterocycles. The number of aryl methyl sites for hydroxylation is 1. The van der Waals surface area contributed by atoms with E-state index in [4.69, 9.17) is 12.2 Å². The molecule has 2 rings (SSSR count). The second-order valence-corrected chi connectivity index (χ2v) is 4.81. The average molecular weight is 263 g/mol. The van der Waals surface area contributed by atoms with Crippen molar-refractivity contribution in [3.63, 3.8) is 0 Å². The van der Waals surface area contributed by atoms with Gasteiger partial charge >= 0.3 is 0 Å². The average Bonchev–Trinajstić information content (AvgIpc) is 2.41. The molecule has 0 aliphatic carbocycles. The molecule has 1 aromatic carbocycles. The van der Waals surface area contributed by atoms with E-state index in [-0.39, 0.29) is 0 Å². The predicted molar refractivity (Wildman–Crippen MR) is 76.6 cm³/mol. The Balaban J connectivity index is 1.88. The molecule has 1 N–H and O–H groups in total. The van der Waals surface area contributed by atoms with Crippen LogP contribution in [0.2, 0.25) is 0 Å². The SMILES string of the molecule is Cc1ccc(NC(=S)N2CCN(C=O)CC2)cc1. The van der Waals surface area contributed by atoms with E-state index in [1.54, 1.807) is 4.90 Å². The first kappa shape index (κ1) is 12.8. The smallest absolute Gasteiger partial charge is 0.209 e. The van der Waals surface area contributed by atoms with Crippen LogP contribution in [0.1, 0.15) is 5.56 Å². The third-order valence-corrected chi connectivity index (χ3v) is 3.41. The van der Waals surface area contributed by atoms with Gasteiger partial charge in [-0.15, -0.1) is 0 Å². The van der Waals surface area contributed by atoms with Crippen LogP contribution < -0.4 is 5.32 Å². The summed E-state index contributed by atoms with van der Waals surface area (Å²) in [5.41, 5.74) is 2.23. The lowest BCUT2D eigenvalue weighted by atomic mass is 10.2. The second kappa shape index (κ2) is 5.82. The molecule has 0 spiro atoms. The predicted octanol–water partition coefficient (Wildman–Crippen LogP) is 1.47. The summed E-state index contributed by atoms with van der Waals surface area (Å²) in [5, 5.41) is 3.95. The molecule has 1 aliphatic rings. The van der Waals surface area contributed by atoms with Gasteiger partial charge in [-0.05, 0) is 31.3 Å². The first-order chi connectivity index (χ1) is 8.69. The van der Waals surface area contributed by atoms with E-state index in [9.17, 15) is 4.79 Å². The second-order valence-electron chi connectivity index (χ2n) is 4.42. The van der Waals surface area contributed by atoms with Crippen LogP contribution in [0.3, 0.4) is 0 Å². The number of benzene rings is 1. The number of rotatable bonds is 2. The molecule has 1 saturated heterocycles. The summed E-state index contributed by atoms with van der Waals surface area (Å²) in [5.74, 6) is 0. The normalized spacial score (nSPS) is 15.4. The zero-order valence-corrected chi connectivity index (χ0v) is 11.2. The highest BCUT2D eigenvalue weighted by Gasteiger charge is 2.17. The Morgan fingerprint density at radius 3 is 2.39 bits per heavy atom. The van der Waals surface area contributed by atoms with Crippen LogP contribution in [-0.2, 0) is 4.79 Å². The van der Waals surface area contributed by atoms with E-state index in [2.05, 4.69) is 29.3 Å². The van der Waals surface area contributed by atoms with Crippen LogP contribution in [-0.4, -0.2) is 47.5 Å². The molecule has 1 amide bonds. The van der Waals surface area contributed by atoms with E-state index in [0.717, 1.165) is 43.4 Å². The van der Waals surface area contributed by atoms with Gasteiger partial charge in [0, 0.05) is 31.9 Å². The minimum absolute atomic E-state index is 0.726. The number of carbonyl (C=O) groups excluding carboxylic acids is 1. The molecule has 4 nitrogen and oxygen atoms in total. The summed E-state index contributed by atoms with van der Waals surface area (Å²) in [6.45, 7) is 5.10. The molecular weight excluding hydrogens is 246 g/mol. The number of carbonyl (C=O) groups is 1. The molecule has 1 aromatic rings. The summed E-state index contributed by atoms with van der Waals surface area (Å²) in [7, 11) is 0. The molecule has 96 valence electrons. The molecular formula is C13H17N3OS. The van der Waals surface area contributed by atoms with Gasteiger partial charge < -0.3 is 15.1 Å². The summed E-state index contributed by atoms with van der Waals surface area (Å²) in [6, 6.07) is 8.14. The Labute approximate surface area is 113 Å². The molecule has 0 bridgehead atoms. The number of hydrogen-bond donors (Lipinski definition) is 1. The van der Waals surface area contributed by atoms with Gasteiger partial charge in [-0.3, -0.25) is 4.79 Å². The van der Waals surface area contributed by atoms with Gasteiger partial charge in [-0.1, -0.05) is 17.7 Å². The van der Waals surface area contributed by atoms with E-state index in [1.165, 1.54) is 5.56 Å². The number of nitrogens with zero attached hydrogens (tertiary/aromatic N) is 2. The van der Waals surface area contributed by atoms with Gasteiger partial charge in [0.15, 0.2) is 5.11 Å². The monoisotopic (exact) mass is 263 g/mol. The van der Waals surface area contributed by atoms with Crippen LogP contribution in [0.4, 0.5) is 5.69 Å². The van der Waals surface area contributed by atoms with Gasteiger partial charge in [-0.2, -0.15) is 0 Å². The highest BCUT2D eigenvalue weighted by atomic mass is 32.1. The van der Waals surface area contributed by atoms with Crippen molar-refractivity contribution in [2.45, 2.75) is 6.92 Å². The van der Waals surface area contributed by atoms with E-state index in [1.807, 2.05) is 12.1 Å². The lowest BCUT2D eigenvalue weighted by Gasteiger charge is -2.34. The van der Waals surface area contributed by atoms with Gasteiger partial charge in [0.2, 0.25) is 6.41 Å². The Kier molecular flexibility index (Phi) is 4.15. The maximum Gasteiger partial charge on any atom is 0.209 e. The summed E-state index contributed by atoms with van der Waals surface area (Å²) in [4.78, 5) is 14.5. The van der Waals surface area contributed by atoms with Crippen molar-refractivity contribution in [3.8, 4) is 0 Å². The largest absolute Gasteiger partial charge is 0.345 e. The van der Waals surface area contributed by atoms with Crippen LogP contribution >= 0.6 is 12.2 Å². The summed E-state index contributed by atoms with van der Waals surface area (Å²) >= 11 is 5.37. The fourth-order valence-corrected chi connectivity index (χ4v) is 2.17. The van der Waals surface area contributed by atoms with Crippen LogP contribution in [0.15, 0.2) is 24.3 Å². The lowest BCUT2D eigenvalue weighted by Crippen LogP contribution is -2.49. The van der Waals surface area contributed by atoms with E-state index >= 15 is 0 Å². The van der Waals surface area contributed by atoms with E-state index < -0.39 is 0 Å². The van der Waals surface area contributed by atoms with Crippen molar-refractivity contribution in [2.24, 2.45) is 0 Å². The van der Waals surface area contributed by atoms with Crippen molar-refractivity contribution >= 4 is 29.4 Å². The van der Waals surface area contributed by atoms with Gasteiger partial charge in [0.1, 0.15) is 0 Å². The summed E-state index contributed by atoms with van der Waals surface area (Å²) in [6.07, 6.45) is 0.897. The maximum absolute atomic E-state index is 10.6. The third kappa shape index (κ3) is 3.20. The lowest BCUT2D eigenvalue weighted by molar-refractivity contribution is -0.119. The number of hydrogen-bond acceptors (Lipinski definition) is 2. The van der Waals surface area contributed by atoms with Crippen molar-refractivity contribution in [2.75, 3.05) is 31.5 Å². The molecule has 1 heterocycles. The highest BCUT2D eigenvalue weighted by molar-refractivity contribution is 7.80. The van der Waals surface area contributed by atoms with Crippen LogP contribution in [0, 0.1) is 6.92 Å². The van der Waals surface area contributed by atoms with Gasteiger partial charge in [-0.25, -0.2) is 0 Å². The number of nitrogens with one attached hydrogen (secondary N) is 1. The first-order valence-corrected chi connectivity index (χ1v) is 6.42. The summed E-state index contributed by atoms with van der Waals surface area (Å²) < 4.78 is 0. The number of piperazine rings is 1. The zero-order valence-electron chi connectivity index (χ0n) is 10.4. The van der Waals surface area contributed by atoms with Crippen molar-refractivity contribution < 1.29 is 4.79 Å². The standard InChI is InChI=1S/C13H17N3OS/c1-11-2-4-12(5-3-11)14-13(18)16-8-6-15(10-17)7-9-16/h2-5,10H,6-9H2,1H3,(H,14,18). The molecule has 5 heteroatoms. The molecule has 18 heavy (non-hydrogen) atoms. The Morgan fingerprint density at radius 1 is 1.22 bits per heavy atom. The van der Waals surface area contributed by atoms with Crippen molar-refractivity contribution in [1.29, 1.82) is 0 Å². The molecule has 0 atom stereocenters. The van der Waals surface area contributed by atoms with Gasteiger partial charge in [0.05, 0.1) is 0 Å². The van der Waals surface area contributed by atoms with Crippen molar-refractivity contribution in [1.82, 2.24) is 9.80 Å². The van der Waals surface area contributed by atoms with Crippen molar-refractivity contribution in [3.05, 3.63) is 29.8 Å². The highest BCUT2D eigenvalue weighted by Crippen LogP contribution is 2.10. The van der Waals surface area contributed by atoms with Crippen LogP contribution in [0.5, 0.6) is 0 Å². The Bertz CT molecular complexity index is 424. The number of anilines is 1. The van der Waals surface area contributed by atoms with Gasteiger partial charge in [0.25, 0.3) is 0 Å². The first-order valence-electron chi connectivity index (χ1n) is 6.01. The topological polar surface area (TPSA) is 35.6 Å². The van der Waals surface area contributed by atoms with Crippen LogP contribution in [0.25, 0.3) is 0 Å². The molecule has 0 radical (unpaired) electrons. The zero-order chi connectivity index (χ0) is 13.0. The fraction of sp³-hybridized carbons (Fsp3) is 0.385. The van der Waals surface area contributed by atoms with E-state index in [0.29, 0.717) is 0 Å². The molecule has 1 aliphatic heterocycles. The number of amides is 1. The molecule has 1 fully saturated rings. The Morgan fingerprint density at radius 2 is 1.83 bits per heavy atom.